The third-order valence-electron chi connectivity index (χ3n) is 4.52. The molecule has 0 radical (unpaired) electrons. The van der Waals surface area contributed by atoms with Crippen LogP contribution in [0.1, 0.15) is 23.6 Å². The lowest BCUT2D eigenvalue weighted by atomic mass is 9.76. The van der Waals surface area contributed by atoms with Crippen LogP contribution in [0.5, 0.6) is 0 Å². The summed E-state index contributed by atoms with van der Waals surface area (Å²) in [5, 5.41) is 2.64. The van der Waals surface area contributed by atoms with Crippen molar-refractivity contribution in [2.24, 2.45) is 0 Å². The number of rotatable bonds is 1. The first-order valence-corrected chi connectivity index (χ1v) is 7.95. The summed E-state index contributed by atoms with van der Waals surface area (Å²) < 4.78 is 1.13. The molecule has 1 aliphatic carbocycles. The Kier molecular flexibility index (Phi) is 2.80. The molecule has 0 amide bonds. The first kappa shape index (κ1) is 12.8. The van der Waals surface area contributed by atoms with E-state index in [0.717, 1.165) is 4.47 Å². The molecule has 3 aromatic carbocycles. The summed E-state index contributed by atoms with van der Waals surface area (Å²) in [7, 11) is 0. The van der Waals surface area contributed by atoms with Crippen molar-refractivity contribution in [1.29, 1.82) is 0 Å². The van der Waals surface area contributed by atoms with Gasteiger partial charge in [0.2, 0.25) is 0 Å². The van der Waals surface area contributed by atoms with Crippen LogP contribution in [0.15, 0.2) is 71.2 Å². The van der Waals surface area contributed by atoms with Gasteiger partial charge in [-0.3, -0.25) is 0 Å². The lowest BCUT2D eigenvalue weighted by molar-refractivity contribution is 0.746. The molecule has 0 aliphatic heterocycles. The summed E-state index contributed by atoms with van der Waals surface area (Å²) in [6.45, 7) is 2.31. The van der Waals surface area contributed by atoms with Gasteiger partial charge in [-0.1, -0.05) is 76.6 Å². The van der Waals surface area contributed by atoms with Gasteiger partial charge in [-0.05, 0) is 46.5 Å². The lowest BCUT2D eigenvalue weighted by Gasteiger charge is -2.26. The highest BCUT2D eigenvalue weighted by Gasteiger charge is 2.32. The summed E-state index contributed by atoms with van der Waals surface area (Å²) in [6, 6.07) is 21.8. The van der Waals surface area contributed by atoms with Crippen molar-refractivity contribution >= 4 is 32.8 Å². The molecular weight excluding hydrogens is 320 g/mol. The van der Waals surface area contributed by atoms with E-state index in [9.17, 15) is 0 Å². The highest BCUT2D eigenvalue weighted by molar-refractivity contribution is 9.10. The van der Waals surface area contributed by atoms with Crippen LogP contribution in [0.3, 0.4) is 0 Å². The molecule has 0 bridgehead atoms. The fraction of sp³-hybridized carbons (Fsp3) is 0.100. The number of hydrogen-bond donors (Lipinski definition) is 0. The number of hydrogen-bond acceptors (Lipinski definition) is 0. The molecule has 3 aromatic rings. The topological polar surface area (TPSA) is 0 Å². The van der Waals surface area contributed by atoms with Crippen LogP contribution < -0.4 is 0 Å². The maximum Gasteiger partial charge on any atom is 0.0369 e. The van der Waals surface area contributed by atoms with Gasteiger partial charge in [0.15, 0.2) is 0 Å². The molecule has 0 saturated carbocycles. The monoisotopic (exact) mass is 334 g/mol. The van der Waals surface area contributed by atoms with Crippen molar-refractivity contribution in [3.63, 3.8) is 0 Å². The Balaban J connectivity index is 2.01. The Morgan fingerprint density at radius 1 is 0.857 bits per heavy atom. The van der Waals surface area contributed by atoms with E-state index in [-0.39, 0.29) is 5.41 Å². The predicted octanol–water partition coefficient (Wildman–Crippen LogP) is 5.94. The number of fused-ring (bicyclic) bond motifs is 2. The minimum Gasteiger partial charge on any atom is -0.0692 e. The van der Waals surface area contributed by atoms with Crippen LogP contribution in [0.25, 0.3) is 16.8 Å². The standard InChI is InChI=1S/C20H15Br/c1-20(12-11-15-13-16(21)9-10-18(15)20)19-8-4-6-14-5-2-3-7-17(14)19/h2-13H,1H3. The van der Waals surface area contributed by atoms with E-state index in [4.69, 9.17) is 0 Å². The molecule has 0 N–H and O–H groups in total. The zero-order valence-corrected chi connectivity index (χ0v) is 13.4. The maximum absolute atomic E-state index is 3.56. The van der Waals surface area contributed by atoms with E-state index in [2.05, 4.69) is 95.7 Å². The fourth-order valence-electron chi connectivity index (χ4n) is 3.40. The van der Waals surface area contributed by atoms with Gasteiger partial charge < -0.3 is 0 Å². The third kappa shape index (κ3) is 1.88. The molecule has 21 heavy (non-hydrogen) atoms. The van der Waals surface area contributed by atoms with Gasteiger partial charge in [0.1, 0.15) is 0 Å². The van der Waals surface area contributed by atoms with E-state index >= 15 is 0 Å². The molecule has 1 unspecified atom stereocenters. The summed E-state index contributed by atoms with van der Waals surface area (Å²) in [5.74, 6) is 0. The Morgan fingerprint density at radius 2 is 1.67 bits per heavy atom. The van der Waals surface area contributed by atoms with Gasteiger partial charge in [-0.2, -0.15) is 0 Å². The third-order valence-corrected chi connectivity index (χ3v) is 5.01. The number of halogens is 1. The van der Waals surface area contributed by atoms with Crippen LogP contribution in [0.4, 0.5) is 0 Å². The van der Waals surface area contributed by atoms with Crippen LogP contribution in [-0.4, -0.2) is 0 Å². The van der Waals surface area contributed by atoms with E-state index < -0.39 is 0 Å². The minimum atomic E-state index is -0.0586. The molecule has 102 valence electrons. The minimum absolute atomic E-state index is 0.0586. The van der Waals surface area contributed by atoms with Crippen molar-refractivity contribution in [1.82, 2.24) is 0 Å². The number of allylic oxidation sites excluding steroid dienone is 1. The number of benzene rings is 3. The zero-order chi connectivity index (χ0) is 14.4. The smallest absolute Gasteiger partial charge is 0.0369 e. The van der Waals surface area contributed by atoms with Gasteiger partial charge in [0, 0.05) is 9.89 Å². The summed E-state index contributed by atoms with van der Waals surface area (Å²) in [4.78, 5) is 0. The van der Waals surface area contributed by atoms with Gasteiger partial charge in [-0.25, -0.2) is 0 Å². The van der Waals surface area contributed by atoms with Crippen molar-refractivity contribution in [3.8, 4) is 0 Å². The second-order valence-electron chi connectivity index (χ2n) is 5.79. The Labute approximate surface area is 133 Å². The van der Waals surface area contributed by atoms with E-state index in [1.807, 2.05) is 0 Å². The van der Waals surface area contributed by atoms with Crippen LogP contribution in [-0.2, 0) is 5.41 Å². The van der Waals surface area contributed by atoms with Crippen molar-refractivity contribution in [2.75, 3.05) is 0 Å². The second-order valence-corrected chi connectivity index (χ2v) is 6.71. The molecule has 1 aliphatic rings. The van der Waals surface area contributed by atoms with E-state index in [1.54, 1.807) is 0 Å². The molecule has 0 aromatic heterocycles. The average molecular weight is 335 g/mol. The summed E-state index contributed by atoms with van der Waals surface area (Å²) in [6.07, 6.45) is 4.56. The first-order valence-electron chi connectivity index (χ1n) is 7.16. The highest BCUT2D eigenvalue weighted by Crippen LogP contribution is 2.44. The van der Waals surface area contributed by atoms with Gasteiger partial charge in [-0.15, -0.1) is 0 Å². The lowest BCUT2D eigenvalue weighted by Crippen LogP contribution is -2.19. The molecule has 0 saturated heterocycles. The summed E-state index contributed by atoms with van der Waals surface area (Å²) in [5.41, 5.74) is 4.00. The Bertz CT molecular complexity index is 871. The summed E-state index contributed by atoms with van der Waals surface area (Å²) >= 11 is 3.56. The van der Waals surface area contributed by atoms with Gasteiger partial charge >= 0.3 is 0 Å². The van der Waals surface area contributed by atoms with Crippen LogP contribution >= 0.6 is 15.9 Å². The van der Waals surface area contributed by atoms with Gasteiger partial charge in [0.05, 0.1) is 0 Å². The van der Waals surface area contributed by atoms with Crippen molar-refractivity contribution in [2.45, 2.75) is 12.3 Å². The van der Waals surface area contributed by atoms with Crippen molar-refractivity contribution < 1.29 is 0 Å². The molecule has 1 heteroatoms. The molecule has 4 rings (SSSR count). The van der Waals surface area contributed by atoms with E-state index in [0.29, 0.717) is 0 Å². The quantitative estimate of drug-likeness (QED) is 0.517. The molecule has 0 spiro atoms. The van der Waals surface area contributed by atoms with Crippen molar-refractivity contribution in [3.05, 3.63) is 87.9 Å². The average Bonchev–Trinajstić information content (AvgIpc) is 2.84. The zero-order valence-electron chi connectivity index (χ0n) is 11.8. The molecule has 0 nitrogen and oxygen atoms in total. The molecular formula is C20H15Br. The normalized spacial score (nSPS) is 19.9. The molecule has 1 atom stereocenters. The maximum atomic E-state index is 3.56. The van der Waals surface area contributed by atoms with E-state index in [1.165, 1.54) is 27.5 Å². The van der Waals surface area contributed by atoms with Crippen LogP contribution in [0.2, 0.25) is 0 Å². The van der Waals surface area contributed by atoms with Crippen LogP contribution in [0, 0.1) is 0 Å². The fourth-order valence-corrected chi connectivity index (χ4v) is 3.78. The SMILES string of the molecule is CC1(c2cccc3ccccc23)C=Cc2cc(Br)ccc21. The first-order chi connectivity index (χ1) is 10.2. The Hall–Kier alpha value is -1.86. The predicted molar refractivity (Wildman–Crippen MR) is 93.6 cm³/mol. The molecule has 0 fully saturated rings. The second kappa shape index (κ2) is 4.57. The Morgan fingerprint density at radius 3 is 2.57 bits per heavy atom. The molecule has 0 heterocycles. The van der Waals surface area contributed by atoms with Gasteiger partial charge in [0.25, 0.3) is 0 Å². The highest BCUT2D eigenvalue weighted by atomic mass is 79.9. The largest absolute Gasteiger partial charge is 0.0692 e.